The third-order valence-electron chi connectivity index (χ3n) is 5.61. The summed E-state index contributed by atoms with van der Waals surface area (Å²) < 4.78 is 0. The molecule has 0 fully saturated rings. The van der Waals surface area contributed by atoms with Crippen molar-refractivity contribution in [3.8, 4) is 16.9 Å². The Bertz CT molecular complexity index is 907. The Morgan fingerprint density at radius 3 is 1.96 bits per heavy atom. The monoisotopic (exact) mass is 328 g/mol. The van der Waals surface area contributed by atoms with Crippen molar-refractivity contribution in [2.24, 2.45) is 0 Å². The summed E-state index contributed by atoms with van der Waals surface area (Å²) in [6, 6.07) is 21.5. The molecule has 25 heavy (non-hydrogen) atoms. The van der Waals surface area contributed by atoms with E-state index in [1.807, 2.05) is 0 Å². The van der Waals surface area contributed by atoms with Crippen molar-refractivity contribution in [2.45, 2.75) is 39.0 Å². The van der Waals surface area contributed by atoms with Gasteiger partial charge in [-0.1, -0.05) is 79.6 Å². The number of rotatable bonds is 3. The van der Waals surface area contributed by atoms with Crippen molar-refractivity contribution in [3.63, 3.8) is 0 Å². The molecule has 0 bridgehead atoms. The molecule has 0 heterocycles. The van der Waals surface area contributed by atoms with Crippen LogP contribution >= 0.6 is 0 Å². The van der Waals surface area contributed by atoms with E-state index in [4.69, 9.17) is 0 Å². The quantitative estimate of drug-likeness (QED) is 0.626. The zero-order valence-corrected chi connectivity index (χ0v) is 15.1. The van der Waals surface area contributed by atoms with Crippen LogP contribution in [-0.4, -0.2) is 5.11 Å². The molecule has 0 aliphatic heterocycles. The summed E-state index contributed by atoms with van der Waals surface area (Å²) in [4.78, 5) is 0. The fourth-order valence-electron chi connectivity index (χ4n) is 4.44. The van der Waals surface area contributed by atoms with Gasteiger partial charge in [-0.2, -0.15) is 0 Å². The summed E-state index contributed by atoms with van der Waals surface area (Å²) in [6.45, 7) is 6.53. The van der Waals surface area contributed by atoms with Crippen molar-refractivity contribution >= 4 is 0 Å². The zero-order valence-electron chi connectivity index (χ0n) is 15.1. The van der Waals surface area contributed by atoms with E-state index < -0.39 is 0 Å². The van der Waals surface area contributed by atoms with Crippen LogP contribution in [0.25, 0.3) is 11.1 Å². The number of hydrogen-bond acceptors (Lipinski definition) is 1. The van der Waals surface area contributed by atoms with Gasteiger partial charge < -0.3 is 5.11 Å². The maximum atomic E-state index is 11.1. The van der Waals surface area contributed by atoms with Crippen LogP contribution < -0.4 is 0 Å². The first-order chi connectivity index (χ1) is 12.1. The number of aryl methyl sites for hydroxylation is 2. The SMILES string of the molecule is CCCc1cc(C)cc(C2(C)c3ccccc3-c3ccccc32)c1O. The molecule has 0 radical (unpaired) electrons. The number of hydrogen-bond donors (Lipinski definition) is 1. The van der Waals surface area contributed by atoms with E-state index in [9.17, 15) is 5.11 Å². The van der Waals surface area contributed by atoms with Gasteiger partial charge in [0.25, 0.3) is 0 Å². The van der Waals surface area contributed by atoms with E-state index in [1.165, 1.54) is 27.8 Å². The van der Waals surface area contributed by atoms with Gasteiger partial charge in [0, 0.05) is 11.0 Å². The van der Waals surface area contributed by atoms with Gasteiger partial charge in [0.2, 0.25) is 0 Å². The molecular weight excluding hydrogens is 304 g/mol. The van der Waals surface area contributed by atoms with Crippen molar-refractivity contribution in [2.75, 3.05) is 0 Å². The average molecular weight is 328 g/mol. The Balaban J connectivity index is 2.06. The van der Waals surface area contributed by atoms with Crippen molar-refractivity contribution in [1.82, 2.24) is 0 Å². The van der Waals surface area contributed by atoms with Crippen LogP contribution in [0.15, 0.2) is 60.7 Å². The smallest absolute Gasteiger partial charge is 0.123 e. The maximum absolute atomic E-state index is 11.1. The second-order valence-corrected chi connectivity index (χ2v) is 7.29. The van der Waals surface area contributed by atoms with Crippen LogP contribution in [-0.2, 0) is 11.8 Å². The van der Waals surface area contributed by atoms with E-state index in [1.54, 1.807) is 0 Å². The average Bonchev–Trinajstić information content (AvgIpc) is 2.89. The first-order valence-electron chi connectivity index (χ1n) is 9.09. The largest absolute Gasteiger partial charge is 0.507 e. The fraction of sp³-hybridized carbons (Fsp3) is 0.250. The molecule has 1 nitrogen and oxygen atoms in total. The number of phenols is 1. The highest BCUT2D eigenvalue weighted by Gasteiger charge is 2.42. The first kappa shape index (κ1) is 16.0. The van der Waals surface area contributed by atoms with Gasteiger partial charge >= 0.3 is 0 Å². The first-order valence-corrected chi connectivity index (χ1v) is 9.09. The maximum Gasteiger partial charge on any atom is 0.123 e. The Kier molecular flexibility index (Phi) is 3.68. The van der Waals surface area contributed by atoms with E-state index >= 15 is 0 Å². The summed E-state index contributed by atoms with van der Waals surface area (Å²) in [7, 11) is 0. The van der Waals surface area contributed by atoms with Gasteiger partial charge in [0.05, 0.1) is 0 Å². The molecule has 1 N–H and O–H groups in total. The molecule has 0 amide bonds. The van der Waals surface area contributed by atoms with Crippen molar-refractivity contribution < 1.29 is 5.11 Å². The zero-order chi connectivity index (χ0) is 17.6. The van der Waals surface area contributed by atoms with E-state index in [-0.39, 0.29) is 5.41 Å². The lowest BCUT2D eigenvalue weighted by molar-refractivity contribution is 0.450. The van der Waals surface area contributed by atoms with Gasteiger partial charge in [0.1, 0.15) is 5.75 Å². The van der Waals surface area contributed by atoms with Crippen LogP contribution in [0.4, 0.5) is 0 Å². The fourth-order valence-corrected chi connectivity index (χ4v) is 4.44. The molecule has 0 aromatic heterocycles. The number of fused-ring (bicyclic) bond motifs is 3. The number of benzene rings is 3. The molecule has 1 aliphatic rings. The van der Waals surface area contributed by atoms with Crippen molar-refractivity contribution in [1.29, 1.82) is 0 Å². The Morgan fingerprint density at radius 1 is 0.840 bits per heavy atom. The highest BCUT2D eigenvalue weighted by atomic mass is 16.3. The summed E-state index contributed by atoms with van der Waals surface area (Å²) >= 11 is 0. The second kappa shape index (κ2) is 5.77. The lowest BCUT2D eigenvalue weighted by Gasteiger charge is -2.30. The van der Waals surface area contributed by atoms with Gasteiger partial charge in [-0.05, 0) is 48.1 Å². The minimum atomic E-state index is -0.328. The van der Waals surface area contributed by atoms with Crippen LogP contribution in [0, 0.1) is 6.92 Å². The predicted octanol–water partition coefficient (Wildman–Crippen LogP) is 5.99. The van der Waals surface area contributed by atoms with E-state index in [0.717, 1.165) is 24.0 Å². The highest BCUT2D eigenvalue weighted by molar-refractivity contribution is 5.83. The Morgan fingerprint density at radius 2 is 1.40 bits per heavy atom. The summed E-state index contributed by atoms with van der Waals surface area (Å²) in [6.07, 6.45) is 1.93. The highest BCUT2D eigenvalue weighted by Crippen LogP contribution is 2.54. The van der Waals surface area contributed by atoms with Gasteiger partial charge in [-0.25, -0.2) is 0 Å². The van der Waals surface area contributed by atoms with E-state index in [2.05, 4.69) is 81.4 Å². The molecule has 3 aromatic rings. The van der Waals surface area contributed by atoms with Crippen LogP contribution in [0.5, 0.6) is 5.75 Å². The molecule has 0 saturated carbocycles. The number of aromatic hydroxyl groups is 1. The summed E-state index contributed by atoms with van der Waals surface area (Å²) in [5, 5.41) is 11.1. The molecular formula is C24H24O. The molecule has 0 saturated heterocycles. The van der Waals surface area contributed by atoms with Gasteiger partial charge in [-0.15, -0.1) is 0 Å². The van der Waals surface area contributed by atoms with Gasteiger partial charge in [0.15, 0.2) is 0 Å². The summed E-state index contributed by atoms with van der Waals surface area (Å²) in [5.41, 5.74) is 8.07. The Labute approximate surface area is 150 Å². The lowest BCUT2D eigenvalue weighted by Crippen LogP contribution is -2.23. The molecule has 4 rings (SSSR count). The molecule has 1 aliphatic carbocycles. The van der Waals surface area contributed by atoms with Crippen LogP contribution in [0.3, 0.4) is 0 Å². The molecule has 3 aromatic carbocycles. The minimum absolute atomic E-state index is 0.328. The standard InChI is InChI=1S/C24H24O/c1-4-9-17-14-16(2)15-22(23(17)25)24(3)20-12-7-5-10-18(20)19-11-6-8-13-21(19)24/h5-8,10-15,25H,4,9H2,1-3H3. The second-order valence-electron chi connectivity index (χ2n) is 7.29. The van der Waals surface area contributed by atoms with E-state index in [0.29, 0.717) is 5.75 Å². The van der Waals surface area contributed by atoms with Crippen LogP contribution in [0.2, 0.25) is 0 Å². The topological polar surface area (TPSA) is 20.2 Å². The van der Waals surface area contributed by atoms with Crippen molar-refractivity contribution in [3.05, 3.63) is 88.5 Å². The van der Waals surface area contributed by atoms with Crippen LogP contribution in [0.1, 0.15) is 48.1 Å². The van der Waals surface area contributed by atoms with Gasteiger partial charge in [-0.3, -0.25) is 0 Å². The predicted molar refractivity (Wildman–Crippen MR) is 104 cm³/mol. The molecule has 0 spiro atoms. The third-order valence-corrected chi connectivity index (χ3v) is 5.61. The Hall–Kier alpha value is -2.54. The molecule has 0 atom stereocenters. The molecule has 1 heteroatoms. The molecule has 0 unspecified atom stereocenters. The number of phenolic OH excluding ortho intramolecular Hbond substituents is 1. The molecule has 126 valence electrons. The minimum Gasteiger partial charge on any atom is -0.507 e. The third kappa shape index (κ3) is 2.22. The lowest BCUT2D eigenvalue weighted by atomic mass is 9.73. The summed E-state index contributed by atoms with van der Waals surface area (Å²) in [5.74, 6) is 0.460. The normalized spacial score (nSPS) is 14.2.